The summed E-state index contributed by atoms with van der Waals surface area (Å²) in [6.07, 6.45) is 0. The second-order valence-electron chi connectivity index (χ2n) is 14.0. The molecule has 0 spiro atoms. The van der Waals surface area contributed by atoms with Crippen LogP contribution in [0.2, 0.25) is 0 Å². The highest BCUT2D eigenvalue weighted by molar-refractivity contribution is 7.26. The first-order chi connectivity index (χ1) is 27.3. The van der Waals surface area contributed by atoms with Crippen LogP contribution in [0.25, 0.3) is 86.3 Å². The van der Waals surface area contributed by atoms with Crippen LogP contribution in [-0.4, -0.2) is 0 Å². The maximum absolute atomic E-state index is 6.62. The highest BCUT2D eigenvalue weighted by atomic mass is 32.1. The summed E-state index contributed by atoms with van der Waals surface area (Å²) in [6.45, 7) is 0. The number of fused-ring (bicyclic) bond motifs is 7. The van der Waals surface area contributed by atoms with Crippen LogP contribution in [-0.2, 0) is 0 Å². The van der Waals surface area contributed by atoms with Gasteiger partial charge in [0, 0.05) is 47.6 Å². The zero-order chi connectivity index (χ0) is 36.3. The van der Waals surface area contributed by atoms with Gasteiger partial charge in [-0.25, -0.2) is 0 Å². The molecule has 55 heavy (non-hydrogen) atoms. The largest absolute Gasteiger partial charge is 0.454 e. The van der Waals surface area contributed by atoms with Crippen LogP contribution in [0.3, 0.4) is 0 Å². The number of nitrogens with zero attached hydrogens (tertiary/aromatic N) is 1. The normalized spacial score (nSPS) is 11.6. The van der Waals surface area contributed by atoms with Gasteiger partial charge >= 0.3 is 0 Å². The van der Waals surface area contributed by atoms with Crippen LogP contribution in [0.4, 0.5) is 17.1 Å². The van der Waals surface area contributed by atoms with Gasteiger partial charge in [-0.1, -0.05) is 158 Å². The van der Waals surface area contributed by atoms with Crippen molar-refractivity contribution in [1.29, 1.82) is 0 Å². The van der Waals surface area contributed by atoms with Gasteiger partial charge in [0.15, 0.2) is 5.58 Å². The molecule has 11 rings (SSSR count). The Morgan fingerprint density at radius 3 is 1.87 bits per heavy atom. The molecule has 0 saturated carbocycles. The minimum atomic E-state index is 0.872. The maximum atomic E-state index is 6.62. The van der Waals surface area contributed by atoms with Crippen LogP contribution in [0.1, 0.15) is 0 Å². The summed E-state index contributed by atoms with van der Waals surface area (Å²) in [4.78, 5) is 2.35. The number of rotatable bonds is 6. The Hall–Kier alpha value is -6.94. The number of thiophene rings is 1. The van der Waals surface area contributed by atoms with E-state index in [4.69, 9.17) is 4.42 Å². The Morgan fingerprint density at radius 2 is 1.02 bits per heavy atom. The van der Waals surface area contributed by atoms with Crippen molar-refractivity contribution in [2.75, 3.05) is 4.90 Å². The van der Waals surface area contributed by atoms with Crippen molar-refractivity contribution in [3.63, 3.8) is 0 Å². The van der Waals surface area contributed by atoms with E-state index in [1.54, 1.807) is 0 Å². The summed E-state index contributed by atoms with van der Waals surface area (Å²) >= 11 is 1.88. The Bertz CT molecular complexity index is 3210. The van der Waals surface area contributed by atoms with Crippen molar-refractivity contribution >= 4 is 81.3 Å². The first-order valence-electron chi connectivity index (χ1n) is 18.7. The average molecular weight is 720 g/mol. The minimum absolute atomic E-state index is 0.872. The SMILES string of the molecule is c1ccc(-c2ccc(-c3ccc(N(c4ccccc4)c4cccc5c4oc4ccccc45)c4ccccc34)cc2-c2cccc3c2sc2ccccc23)cc1. The fourth-order valence-corrected chi connectivity index (χ4v) is 9.62. The van der Waals surface area contributed by atoms with Gasteiger partial charge in [-0.05, 0) is 75.7 Å². The molecule has 0 aliphatic heterocycles. The second-order valence-corrected chi connectivity index (χ2v) is 15.1. The Kier molecular flexibility index (Phi) is 7.39. The fraction of sp³-hybridized carbons (Fsp3) is 0. The molecule has 2 heterocycles. The predicted molar refractivity (Wildman–Crippen MR) is 235 cm³/mol. The summed E-state index contributed by atoms with van der Waals surface area (Å²) < 4.78 is 9.25. The lowest BCUT2D eigenvalue weighted by molar-refractivity contribution is 0.669. The standard InChI is InChI=1S/C52H33NOS/c1-3-15-34(16-4-1)37-30-29-35(33-46(37)45-25-13-24-44-42-22-10-12-28-50(42)55-52(44)45)38-31-32-47(40-20-8-7-19-39(38)40)53(36-17-5-2-6-18-36)48-26-14-23-43-41-21-9-11-27-49(41)54-51(43)48/h1-33H. The molecule has 0 fully saturated rings. The summed E-state index contributed by atoms with van der Waals surface area (Å²) in [6, 6.07) is 72.1. The van der Waals surface area contributed by atoms with Crippen molar-refractivity contribution in [2.45, 2.75) is 0 Å². The van der Waals surface area contributed by atoms with E-state index in [1.807, 2.05) is 17.4 Å². The molecule has 0 aliphatic rings. The molecule has 0 bridgehead atoms. The number of hydrogen-bond acceptors (Lipinski definition) is 3. The zero-order valence-corrected chi connectivity index (χ0v) is 30.6. The van der Waals surface area contributed by atoms with Gasteiger partial charge < -0.3 is 9.32 Å². The molecule has 0 atom stereocenters. The molecule has 2 aromatic heterocycles. The molecular weight excluding hydrogens is 687 g/mol. The highest BCUT2D eigenvalue weighted by Crippen LogP contribution is 2.48. The summed E-state index contributed by atoms with van der Waals surface area (Å²) in [5, 5.41) is 7.19. The highest BCUT2D eigenvalue weighted by Gasteiger charge is 2.22. The molecule has 0 aliphatic carbocycles. The third-order valence-corrected chi connectivity index (χ3v) is 12.1. The van der Waals surface area contributed by atoms with Gasteiger partial charge in [-0.15, -0.1) is 11.3 Å². The van der Waals surface area contributed by atoms with Gasteiger partial charge in [0.25, 0.3) is 0 Å². The molecule has 0 amide bonds. The van der Waals surface area contributed by atoms with Gasteiger partial charge in [0.1, 0.15) is 5.58 Å². The Balaban J connectivity index is 1.14. The fourth-order valence-electron chi connectivity index (χ4n) is 8.39. The van der Waals surface area contributed by atoms with E-state index in [0.29, 0.717) is 0 Å². The lowest BCUT2D eigenvalue weighted by Crippen LogP contribution is -2.10. The van der Waals surface area contributed by atoms with Crippen molar-refractivity contribution in [2.24, 2.45) is 0 Å². The van der Waals surface area contributed by atoms with Crippen molar-refractivity contribution in [1.82, 2.24) is 0 Å². The summed E-state index contributed by atoms with van der Waals surface area (Å²) in [5.41, 5.74) is 12.2. The molecule has 3 heteroatoms. The quantitative estimate of drug-likeness (QED) is 0.170. The van der Waals surface area contributed by atoms with Crippen molar-refractivity contribution in [3.05, 3.63) is 200 Å². The van der Waals surface area contributed by atoms with Gasteiger partial charge in [-0.3, -0.25) is 0 Å². The number of para-hydroxylation sites is 3. The van der Waals surface area contributed by atoms with Crippen LogP contribution in [0.5, 0.6) is 0 Å². The van der Waals surface area contributed by atoms with E-state index in [-0.39, 0.29) is 0 Å². The van der Waals surface area contributed by atoms with E-state index in [0.717, 1.165) is 44.4 Å². The van der Waals surface area contributed by atoms with Gasteiger partial charge in [0.2, 0.25) is 0 Å². The second kappa shape index (κ2) is 12.9. The Morgan fingerprint density at radius 1 is 0.364 bits per heavy atom. The predicted octanol–water partition coefficient (Wildman–Crippen LogP) is 15.6. The van der Waals surface area contributed by atoms with Crippen LogP contribution < -0.4 is 4.90 Å². The molecule has 9 aromatic carbocycles. The average Bonchev–Trinajstić information content (AvgIpc) is 3.84. The van der Waals surface area contributed by atoms with Crippen molar-refractivity contribution in [3.8, 4) is 33.4 Å². The maximum Gasteiger partial charge on any atom is 0.159 e. The van der Waals surface area contributed by atoms with E-state index >= 15 is 0 Å². The van der Waals surface area contributed by atoms with Crippen LogP contribution in [0.15, 0.2) is 205 Å². The van der Waals surface area contributed by atoms with Gasteiger partial charge in [-0.2, -0.15) is 0 Å². The minimum Gasteiger partial charge on any atom is -0.454 e. The summed E-state index contributed by atoms with van der Waals surface area (Å²) in [5.74, 6) is 0. The Labute approximate surface area is 322 Å². The molecule has 0 N–H and O–H groups in total. The lowest BCUT2D eigenvalue weighted by Gasteiger charge is -2.27. The van der Waals surface area contributed by atoms with Crippen LogP contribution in [0, 0.1) is 0 Å². The number of hydrogen-bond donors (Lipinski definition) is 0. The number of anilines is 3. The third-order valence-electron chi connectivity index (χ3n) is 10.9. The van der Waals surface area contributed by atoms with E-state index < -0.39 is 0 Å². The monoisotopic (exact) mass is 719 g/mol. The first kappa shape index (κ1) is 31.6. The molecule has 11 aromatic rings. The molecule has 2 nitrogen and oxygen atoms in total. The van der Waals surface area contributed by atoms with Gasteiger partial charge in [0.05, 0.1) is 11.4 Å². The molecular formula is C52H33NOS. The lowest BCUT2D eigenvalue weighted by atomic mass is 9.89. The third kappa shape index (κ3) is 5.16. The first-order valence-corrected chi connectivity index (χ1v) is 19.5. The molecule has 0 radical (unpaired) electrons. The van der Waals surface area contributed by atoms with Crippen molar-refractivity contribution < 1.29 is 4.42 Å². The zero-order valence-electron chi connectivity index (χ0n) is 29.8. The summed E-state index contributed by atoms with van der Waals surface area (Å²) in [7, 11) is 0. The van der Waals surface area contributed by atoms with E-state index in [1.165, 1.54) is 58.9 Å². The number of furan rings is 1. The molecule has 258 valence electrons. The number of benzene rings is 9. The molecule has 0 unspecified atom stereocenters. The van der Waals surface area contributed by atoms with E-state index in [2.05, 4.69) is 199 Å². The smallest absolute Gasteiger partial charge is 0.159 e. The topological polar surface area (TPSA) is 16.4 Å². The molecule has 0 saturated heterocycles. The van der Waals surface area contributed by atoms with Crippen LogP contribution >= 0.6 is 11.3 Å². The van der Waals surface area contributed by atoms with E-state index in [9.17, 15) is 0 Å².